The quantitative estimate of drug-likeness (QED) is 0.794. The maximum absolute atomic E-state index is 9.85. The summed E-state index contributed by atoms with van der Waals surface area (Å²) in [4.78, 5) is 0. The van der Waals surface area contributed by atoms with Gasteiger partial charge >= 0.3 is 0 Å². The minimum Gasteiger partial charge on any atom is -0.387 e. The highest BCUT2D eigenvalue weighted by Gasteiger charge is 2.11. The molecule has 0 unspecified atom stereocenters. The fraction of sp³-hybridized carbons (Fsp3) is 0.538. The predicted molar refractivity (Wildman–Crippen MR) is 63.7 cm³/mol. The molecule has 0 heterocycles. The molecule has 2 heteroatoms. The summed E-state index contributed by atoms with van der Waals surface area (Å²) in [6.07, 6.45) is -0.409. The molecular weight excluding hydrogens is 186 g/mol. The van der Waals surface area contributed by atoms with Crippen LogP contribution >= 0.6 is 0 Å². The van der Waals surface area contributed by atoms with Gasteiger partial charge in [-0.25, -0.2) is 0 Å². The van der Waals surface area contributed by atoms with Crippen molar-refractivity contribution >= 4 is 0 Å². The van der Waals surface area contributed by atoms with Crippen molar-refractivity contribution in [1.82, 2.24) is 5.32 Å². The first-order valence-corrected chi connectivity index (χ1v) is 5.43. The summed E-state index contributed by atoms with van der Waals surface area (Å²) in [5, 5.41) is 13.1. The molecule has 0 aromatic heterocycles. The lowest BCUT2D eigenvalue weighted by Crippen LogP contribution is -2.30. The molecule has 0 spiro atoms. The van der Waals surface area contributed by atoms with E-state index >= 15 is 0 Å². The topological polar surface area (TPSA) is 32.3 Å². The highest BCUT2D eigenvalue weighted by atomic mass is 16.3. The third-order valence-corrected chi connectivity index (χ3v) is 2.18. The van der Waals surface area contributed by atoms with Crippen LogP contribution in [-0.4, -0.2) is 18.2 Å². The molecule has 2 nitrogen and oxygen atoms in total. The summed E-state index contributed by atoms with van der Waals surface area (Å²) in [7, 11) is 0. The van der Waals surface area contributed by atoms with Gasteiger partial charge in [-0.2, -0.15) is 0 Å². The standard InChI is InChI=1S/C13H21NO/c1-13(2,3)10-14-9-12(15)11-7-5-4-6-8-11/h4-8,12,14-15H,9-10H2,1-3H3/t12-/m1/s1. The summed E-state index contributed by atoms with van der Waals surface area (Å²) in [5.41, 5.74) is 1.23. The molecule has 2 N–H and O–H groups in total. The molecule has 0 aliphatic carbocycles. The van der Waals surface area contributed by atoms with Crippen LogP contribution in [0.25, 0.3) is 0 Å². The number of nitrogens with one attached hydrogen (secondary N) is 1. The van der Waals surface area contributed by atoms with Crippen LogP contribution < -0.4 is 5.32 Å². The minimum absolute atomic E-state index is 0.260. The molecular formula is C13H21NO. The lowest BCUT2D eigenvalue weighted by atomic mass is 9.97. The van der Waals surface area contributed by atoms with E-state index in [1.807, 2.05) is 30.3 Å². The van der Waals surface area contributed by atoms with Crippen molar-refractivity contribution in [2.24, 2.45) is 5.41 Å². The summed E-state index contributed by atoms with van der Waals surface area (Å²) in [6.45, 7) is 8.05. The summed E-state index contributed by atoms with van der Waals surface area (Å²) >= 11 is 0. The first-order valence-electron chi connectivity index (χ1n) is 5.43. The molecule has 0 aliphatic heterocycles. The smallest absolute Gasteiger partial charge is 0.0914 e. The summed E-state index contributed by atoms with van der Waals surface area (Å²) < 4.78 is 0. The van der Waals surface area contributed by atoms with Gasteiger partial charge in [0, 0.05) is 13.1 Å². The van der Waals surface area contributed by atoms with Gasteiger partial charge in [-0.15, -0.1) is 0 Å². The largest absolute Gasteiger partial charge is 0.387 e. The van der Waals surface area contributed by atoms with E-state index < -0.39 is 6.10 Å². The van der Waals surface area contributed by atoms with Crippen molar-refractivity contribution in [1.29, 1.82) is 0 Å². The molecule has 1 atom stereocenters. The molecule has 0 saturated heterocycles. The Balaban J connectivity index is 2.34. The molecule has 0 bridgehead atoms. The second kappa shape index (κ2) is 5.29. The Morgan fingerprint density at radius 1 is 1.20 bits per heavy atom. The van der Waals surface area contributed by atoms with Gasteiger partial charge in [-0.1, -0.05) is 51.1 Å². The van der Waals surface area contributed by atoms with Crippen LogP contribution in [0.3, 0.4) is 0 Å². The molecule has 0 radical (unpaired) electrons. The van der Waals surface area contributed by atoms with E-state index in [2.05, 4.69) is 26.1 Å². The predicted octanol–water partition coefficient (Wildman–Crippen LogP) is 2.36. The highest BCUT2D eigenvalue weighted by Crippen LogP contribution is 2.13. The maximum atomic E-state index is 9.85. The fourth-order valence-corrected chi connectivity index (χ4v) is 1.38. The molecule has 1 rings (SSSR count). The minimum atomic E-state index is -0.409. The Morgan fingerprint density at radius 3 is 2.33 bits per heavy atom. The van der Waals surface area contributed by atoms with Crippen LogP contribution in [0.15, 0.2) is 30.3 Å². The lowest BCUT2D eigenvalue weighted by Gasteiger charge is -2.20. The van der Waals surface area contributed by atoms with Crippen LogP contribution in [0.4, 0.5) is 0 Å². The number of hydrogen-bond acceptors (Lipinski definition) is 2. The molecule has 1 aromatic rings. The number of hydrogen-bond donors (Lipinski definition) is 2. The number of aliphatic hydroxyl groups is 1. The van der Waals surface area contributed by atoms with Crippen LogP contribution in [0, 0.1) is 5.41 Å². The Hall–Kier alpha value is -0.860. The van der Waals surface area contributed by atoms with Crippen LogP contribution in [0.2, 0.25) is 0 Å². The normalized spacial score (nSPS) is 13.9. The summed E-state index contributed by atoms with van der Waals surface area (Å²) in [5.74, 6) is 0. The van der Waals surface area contributed by atoms with Crippen LogP contribution in [0.5, 0.6) is 0 Å². The van der Waals surface area contributed by atoms with Crippen molar-refractivity contribution in [2.45, 2.75) is 26.9 Å². The second-order valence-corrected chi connectivity index (χ2v) is 5.12. The van der Waals surface area contributed by atoms with Gasteiger partial charge in [0.15, 0.2) is 0 Å². The molecule has 1 aromatic carbocycles. The molecule has 0 fully saturated rings. The number of aliphatic hydroxyl groups excluding tert-OH is 1. The van der Waals surface area contributed by atoms with E-state index in [9.17, 15) is 5.11 Å². The molecule has 0 aliphatic rings. The maximum Gasteiger partial charge on any atom is 0.0914 e. The highest BCUT2D eigenvalue weighted by molar-refractivity contribution is 5.17. The van der Waals surface area contributed by atoms with Gasteiger partial charge in [0.25, 0.3) is 0 Å². The van der Waals surface area contributed by atoms with Crippen molar-refractivity contribution < 1.29 is 5.11 Å². The van der Waals surface area contributed by atoms with Crippen molar-refractivity contribution in [3.8, 4) is 0 Å². The monoisotopic (exact) mass is 207 g/mol. The van der Waals surface area contributed by atoms with Crippen LogP contribution in [-0.2, 0) is 0 Å². The van der Waals surface area contributed by atoms with Crippen molar-refractivity contribution in [3.05, 3.63) is 35.9 Å². The average Bonchev–Trinajstić information content (AvgIpc) is 2.17. The Morgan fingerprint density at radius 2 is 1.80 bits per heavy atom. The van der Waals surface area contributed by atoms with Gasteiger partial charge in [0.05, 0.1) is 6.10 Å². The zero-order valence-corrected chi connectivity index (χ0v) is 9.83. The third kappa shape index (κ3) is 4.96. The van der Waals surface area contributed by atoms with Crippen molar-refractivity contribution in [3.63, 3.8) is 0 Å². The van der Waals surface area contributed by atoms with Gasteiger partial charge in [-0.3, -0.25) is 0 Å². The van der Waals surface area contributed by atoms with Gasteiger partial charge < -0.3 is 10.4 Å². The molecule has 84 valence electrons. The van der Waals surface area contributed by atoms with Crippen LogP contribution in [0.1, 0.15) is 32.4 Å². The van der Waals surface area contributed by atoms with E-state index in [4.69, 9.17) is 0 Å². The second-order valence-electron chi connectivity index (χ2n) is 5.12. The van der Waals surface area contributed by atoms with Gasteiger partial charge in [0.1, 0.15) is 0 Å². The molecule has 0 amide bonds. The Labute approximate surface area is 92.3 Å². The summed E-state index contributed by atoms with van der Waals surface area (Å²) in [6, 6.07) is 9.75. The average molecular weight is 207 g/mol. The van der Waals surface area contributed by atoms with Gasteiger partial charge in [0.2, 0.25) is 0 Å². The van der Waals surface area contributed by atoms with E-state index in [-0.39, 0.29) is 5.41 Å². The van der Waals surface area contributed by atoms with Crippen molar-refractivity contribution in [2.75, 3.05) is 13.1 Å². The molecule has 15 heavy (non-hydrogen) atoms. The Kier molecular flexibility index (Phi) is 4.30. The SMILES string of the molecule is CC(C)(C)CNC[C@@H](O)c1ccccc1. The number of rotatable bonds is 4. The van der Waals surface area contributed by atoms with E-state index in [0.29, 0.717) is 6.54 Å². The zero-order valence-electron chi connectivity index (χ0n) is 9.83. The first kappa shape index (κ1) is 12.2. The third-order valence-electron chi connectivity index (χ3n) is 2.18. The number of benzene rings is 1. The first-order chi connectivity index (χ1) is 6.99. The van der Waals surface area contributed by atoms with E-state index in [1.165, 1.54) is 0 Å². The lowest BCUT2D eigenvalue weighted by molar-refractivity contribution is 0.170. The molecule has 0 saturated carbocycles. The van der Waals surface area contributed by atoms with E-state index in [1.54, 1.807) is 0 Å². The fourth-order valence-electron chi connectivity index (χ4n) is 1.38. The zero-order chi connectivity index (χ0) is 11.3. The Bertz CT molecular complexity index is 276. The van der Waals surface area contributed by atoms with E-state index in [0.717, 1.165) is 12.1 Å². The van der Waals surface area contributed by atoms with Gasteiger partial charge in [-0.05, 0) is 11.0 Å².